The normalized spacial score (nSPS) is 17.6. The molecule has 1 saturated carbocycles. The fraction of sp³-hybridized carbons (Fsp3) is 0.500. The zero-order chi connectivity index (χ0) is 11.2. The van der Waals surface area contributed by atoms with E-state index in [0.717, 1.165) is 12.8 Å². The minimum absolute atomic E-state index is 0.122. The highest BCUT2D eigenvalue weighted by Crippen LogP contribution is 2.50. The fourth-order valence-electron chi connectivity index (χ4n) is 2.41. The second-order valence-electron chi connectivity index (χ2n) is 4.89. The molecular weight excluding hydrogens is 184 g/mol. The van der Waals surface area contributed by atoms with Crippen molar-refractivity contribution in [3.8, 4) is 0 Å². The summed E-state index contributed by atoms with van der Waals surface area (Å²) < 4.78 is 0. The van der Waals surface area contributed by atoms with Crippen LogP contribution in [0.2, 0.25) is 0 Å². The molecule has 0 spiro atoms. The third-order valence-electron chi connectivity index (χ3n) is 3.78. The summed E-state index contributed by atoms with van der Waals surface area (Å²) in [6.07, 6.45) is 2.07. The second-order valence-corrected chi connectivity index (χ2v) is 4.89. The Kier molecular flexibility index (Phi) is 2.22. The van der Waals surface area contributed by atoms with Gasteiger partial charge in [-0.2, -0.15) is 0 Å². The van der Waals surface area contributed by atoms with Crippen molar-refractivity contribution in [2.45, 2.75) is 46.0 Å². The van der Waals surface area contributed by atoms with E-state index in [4.69, 9.17) is 0 Å². The lowest BCUT2D eigenvalue weighted by atomic mass is 9.86. The molecule has 0 bridgehead atoms. The number of aryl methyl sites for hydroxylation is 3. The predicted molar refractivity (Wildman–Crippen MR) is 62.2 cm³/mol. The molecule has 0 unspecified atom stereocenters. The minimum atomic E-state index is -0.122. The van der Waals surface area contributed by atoms with Crippen molar-refractivity contribution in [2.24, 2.45) is 0 Å². The smallest absolute Gasteiger partial charge is 0.140 e. The highest BCUT2D eigenvalue weighted by atomic mass is 16.1. The summed E-state index contributed by atoms with van der Waals surface area (Å²) in [4.78, 5) is 11.7. The van der Waals surface area contributed by atoms with Crippen LogP contribution in [-0.4, -0.2) is 5.78 Å². The third kappa shape index (κ3) is 1.50. The Labute approximate surface area is 91.5 Å². The topological polar surface area (TPSA) is 17.1 Å². The number of hydrogen-bond acceptors (Lipinski definition) is 1. The van der Waals surface area contributed by atoms with Crippen molar-refractivity contribution >= 4 is 5.78 Å². The molecule has 0 heterocycles. The molecule has 1 fully saturated rings. The van der Waals surface area contributed by atoms with Gasteiger partial charge in [0.2, 0.25) is 0 Å². The van der Waals surface area contributed by atoms with Gasteiger partial charge in [0.25, 0.3) is 0 Å². The van der Waals surface area contributed by atoms with Crippen molar-refractivity contribution in [1.82, 2.24) is 0 Å². The summed E-state index contributed by atoms with van der Waals surface area (Å²) in [5.41, 5.74) is 5.02. The van der Waals surface area contributed by atoms with Crippen LogP contribution in [0, 0.1) is 20.8 Å². The molecular formula is C14H18O. The zero-order valence-electron chi connectivity index (χ0n) is 9.98. The fourth-order valence-corrected chi connectivity index (χ4v) is 2.41. The summed E-state index contributed by atoms with van der Waals surface area (Å²) in [5, 5.41) is 0. The first kappa shape index (κ1) is 10.4. The molecule has 1 nitrogen and oxygen atoms in total. The van der Waals surface area contributed by atoms with Crippen LogP contribution in [0.25, 0.3) is 0 Å². The van der Waals surface area contributed by atoms with Crippen LogP contribution in [0.15, 0.2) is 12.1 Å². The van der Waals surface area contributed by atoms with E-state index in [9.17, 15) is 4.79 Å². The summed E-state index contributed by atoms with van der Waals surface area (Å²) in [6, 6.07) is 4.41. The SMILES string of the molecule is CC(=O)C1(c2cc(C)c(C)cc2C)CC1. The molecule has 1 aromatic carbocycles. The van der Waals surface area contributed by atoms with Gasteiger partial charge in [0.05, 0.1) is 5.41 Å². The van der Waals surface area contributed by atoms with E-state index in [-0.39, 0.29) is 5.41 Å². The van der Waals surface area contributed by atoms with Crippen LogP contribution in [0.4, 0.5) is 0 Å². The van der Waals surface area contributed by atoms with E-state index < -0.39 is 0 Å². The monoisotopic (exact) mass is 202 g/mol. The second kappa shape index (κ2) is 3.19. The molecule has 1 aromatic rings. The number of Topliss-reactive ketones (excluding diaryl/α,β-unsaturated/α-hetero) is 1. The molecule has 0 N–H and O–H groups in total. The van der Waals surface area contributed by atoms with Crippen LogP contribution < -0.4 is 0 Å². The Morgan fingerprint density at radius 2 is 1.60 bits per heavy atom. The lowest BCUT2D eigenvalue weighted by Gasteiger charge is -2.17. The van der Waals surface area contributed by atoms with E-state index in [1.165, 1.54) is 22.3 Å². The summed E-state index contributed by atoms with van der Waals surface area (Å²) >= 11 is 0. The van der Waals surface area contributed by atoms with Gasteiger partial charge in [-0.05, 0) is 62.8 Å². The standard InChI is InChI=1S/C14H18O/c1-9-7-11(3)13(8-10(9)2)14(5-6-14)12(4)15/h7-8H,5-6H2,1-4H3. The Bertz CT molecular complexity index is 425. The molecule has 15 heavy (non-hydrogen) atoms. The third-order valence-corrected chi connectivity index (χ3v) is 3.78. The first-order valence-electron chi connectivity index (χ1n) is 5.57. The van der Waals surface area contributed by atoms with Crippen LogP contribution in [0.5, 0.6) is 0 Å². The molecule has 80 valence electrons. The first-order chi connectivity index (χ1) is 6.97. The maximum Gasteiger partial charge on any atom is 0.140 e. The largest absolute Gasteiger partial charge is 0.299 e. The average Bonchev–Trinajstić information content (AvgIpc) is 2.92. The number of benzene rings is 1. The minimum Gasteiger partial charge on any atom is -0.299 e. The maximum absolute atomic E-state index is 11.7. The molecule has 1 heteroatoms. The van der Waals surface area contributed by atoms with Crippen molar-refractivity contribution in [2.75, 3.05) is 0 Å². The Morgan fingerprint density at radius 1 is 1.07 bits per heavy atom. The Balaban J connectivity index is 2.54. The number of hydrogen-bond donors (Lipinski definition) is 0. The van der Waals surface area contributed by atoms with E-state index in [0.29, 0.717) is 5.78 Å². The highest BCUT2D eigenvalue weighted by molar-refractivity contribution is 5.91. The maximum atomic E-state index is 11.7. The van der Waals surface area contributed by atoms with Gasteiger partial charge in [-0.15, -0.1) is 0 Å². The van der Waals surface area contributed by atoms with E-state index in [2.05, 4.69) is 32.9 Å². The molecule has 1 aliphatic carbocycles. The highest BCUT2D eigenvalue weighted by Gasteiger charge is 2.49. The van der Waals surface area contributed by atoms with Crippen LogP contribution in [0.1, 0.15) is 42.0 Å². The molecule has 0 aromatic heterocycles. The molecule has 2 rings (SSSR count). The van der Waals surface area contributed by atoms with Gasteiger partial charge in [0.15, 0.2) is 0 Å². The number of ketones is 1. The van der Waals surface area contributed by atoms with Gasteiger partial charge >= 0.3 is 0 Å². The molecule has 0 aliphatic heterocycles. The zero-order valence-corrected chi connectivity index (χ0v) is 9.98. The summed E-state index contributed by atoms with van der Waals surface area (Å²) in [6.45, 7) is 8.08. The van der Waals surface area contributed by atoms with Gasteiger partial charge in [0.1, 0.15) is 5.78 Å². The van der Waals surface area contributed by atoms with Gasteiger partial charge in [-0.1, -0.05) is 12.1 Å². The predicted octanol–water partition coefficient (Wildman–Crippen LogP) is 3.23. The number of carbonyl (C=O) groups is 1. The number of carbonyl (C=O) groups excluding carboxylic acids is 1. The average molecular weight is 202 g/mol. The Morgan fingerprint density at radius 3 is 2.07 bits per heavy atom. The van der Waals surface area contributed by atoms with Crippen molar-refractivity contribution in [3.05, 3.63) is 34.4 Å². The van der Waals surface area contributed by atoms with Gasteiger partial charge < -0.3 is 0 Å². The van der Waals surface area contributed by atoms with Crippen LogP contribution in [0.3, 0.4) is 0 Å². The van der Waals surface area contributed by atoms with E-state index in [1.54, 1.807) is 6.92 Å². The molecule has 0 saturated heterocycles. The Hall–Kier alpha value is -1.11. The van der Waals surface area contributed by atoms with E-state index in [1.807, 2.05) is 0 Å². The van der Waals surface area contributed by atoms with Crippen molar-refractivity contribution in [3.63, 3.8) is 0 Å². The van der Waals surface area contributed by atoms with E-state index >= 15 is 0 Å². The molecule has 0 amide bonds. The number of rotatable bonds is 2. The summed E-state index contributed by atoms with van der Waals surface area (Å²) in [5.74, 6) is 0.328. The lowest BCUT2D eigenvalue weighted by molar-refractivity contribution is -0.119. The van der Waals surface area contributed by atoms with Crippen LogP contribution in [-0.2, 0) is 10.2 Å². The van der Waals surface area contributed by atoms with Crippen molar-refractivity contribution < 1.29 is 4.79 Å². The molecule has 0 atom stereocenters. The first-order valence-corrected chi connectivity index (χ1v) is 5.57. The lowest BCUT2D eigenvalue weighted by Crippen LogP contribution is -2.18. The van der Waals surface area contributed by atoms with Crippen LogP contribution >= 0.6 is 0 Å². The van der Waals surface area contributed by atoms with Gasteiger partial charge in [0, 0.05) is 0 Å². The van der Waals surface area contributed by atoms with Crippen molar-refractivity contribution in [1.29, 1.82) is 0 Å². The molecule has 0 radical (unpaired) electrons. The summed E-state index contributed by atoms with van der Waals surface area (Å²) in [7, 11) is 0. The van der Waals surface area contributed by atoms with Gasteiger partial charge in [-0.3, -0.25) is 4.79 Å². The quantitative estimate of drug-likeness (QED) is 0.719. The molecule has 1 aliphatic rings. The van der Waals surface area contributed by atoms with Gasteiger partial charge in [-0.25, -0.2) is 0 Å².